The van der Waals surface area contributed by atoms with Crippen LogP contribution in [0.2, 0.25) is 0 Å². The van der Waals surface area contributed by atoms with E-state index in [0.29, 0.717) is 0 Å². The fraction of sp³-hybridized carbons (Fsp3) is 0.667. The minimum Gasteiger partial charge on any atom is -0.378 e. The zero-order chi connectivity index (χ0) is 13.8. The van der Waals surface area contributed by atoms with Crippen LogP contribution in [0, 0.1) is 6.92 Å². The van der Waals surface area contributed by atoms with Gasteiger partial charge in [0.2, 0.25) is 0 Å². The van der Waals surface area contributed by atoms with Gasteiger partial charge in [0.1, 0.15) is 6.10 Å². The van der Waals surface area contributed by atoms with Crippen LogP contribution < -0.4 is 4.90 Å². The maximum atomic E-state index is 5.91. The Morgan fingerprint density at radius 2 is 2.21 bits per heavy atom. The highest BCUT2D eigenvalue weighted by Crippen LogP contribution is 2.24. The van der Waals surface area contributed by atoms with E-state index < -0.39 is 0 Å². The number of nitrogens with zero attached hydrogens (tertiary/aromatic N) is 3. The Morgan fingerprint density at radius 3 is 2.89 bits per heavy atom. The van der Waals surface area contributed by atoms with Gasteiger partial charge in [-0.15, -0.1) is 0 Å². The number of anilines is 1. The molecule has 0 saturated carbocycles. The summed E-state index contributed by atoms with van der Waals surface area (Å²) in [5, 5.41) is 0. The first kappa shape index (κ1) is 14.3. The zero-order valence-corrected chi connectivity index (χ0v) is 12.5. The summed E-state index contributed by atoms with van der Waals surface area (Å²) in [6.45, 7) is 8.21. The van der Waals surface area contributed by atoms with Crippen LogP contribution in [-0.2, 0) is 4.74 Å². The van der Waals surface area contributed by atoms with Crippen molar-refractivity contribution < 1.29 is 4.74 Å². The lowest BCUT2D eigenvalue weighted by atomic mass is 10.1. The first-order valence-corrected chi connectivity index (χ1v) is 7.10. The summed E-state index contributed by atoms with van der Waals surface area (Å²) in [5.74, 6) is 0. The number of rotatable bonds is 4. The summed E-state index contributed by atoms with van der Waals surface area (Å²) in [6.07, 6.45) is 1.30. The van der Waals surface area contributed by atoms with Crippen LogP contribution in [0.4, 0.5) is 5.69 Å². The number of ether oxygens (including phenoxy) is 1. The normalized spacial score (nSPS) is 20.5. The number of morpholine rings is 1. The Morgan fingerprint density at radius 1 is 1.42 bits per heavy atom. The van der Waals surface area contributed by atoms with Crippen molar-refractivity contribution >= 4 is 5.69 Å². The standard InChI is InChI=1S/C15H25N3O/c1-5-6-18-7-8-19-15(11-18)14-10-13(17(3)4)9-12(2)16-14/h9-10,15H,5-8,11H2,1-4H3/t15-/m0/s1. The number of aromatic nitrogens is 1. The second-order valence-corrected chi connectivity index (χ2v) is 5.45. The summed E-state index contributed by atoms with van der Waals surface area (Å²) in [6, 6.07) is 4.25. The largest absolute Gasteiger partial charge is 0.378 e. The van der Waals surface area contributed by atoms with E-state index in [9.17, 15) is 0 Å². The molecule has 0 aliphatic carbocycles. The van der Waals surface area contributed by atoms with Crippen LogP contribution >= 0.6 is 0 Å². The van der Waals surface area contributed by atoms with Crippen LogP contribution in [0.3, 0.4) is 0 Å². The van der Waals surface area contributed by atoms with Crippen molar-refractivity contribution in [3.63, 3.8) is 0 Å². The summed E-state index contributed by atoms with van der Waals surface area (Å²) in [5.41, 5.74) is 3.31. The molecule has 4 nitrogen and oxygen atoms in total. The second-order valence-electron chi connectivity index (χ2n) is 5.45. The predicted molar refractivity (Wildman–Crippen MR) is 78.7 cm³/mol. The molecule has 0 N–H and O–H groups in total. The van der Waals surface area contributed by atoms with Gasteiger partial charge in [-0.25, -0.2) is 0 Å². The Bertz CT molecular complexity index is 418. The molecule has 1 aliphatic rings. The van der Waals surface area contributed by atoms with Gasteiger partial charge in [0.05, 0.1) is 12.3 Å². The number of hydrogen-bond acceptors (Lipinski definition) is 4. The third-order valence-electron chi connectivity index (χ3n) is 3.49. The smallest absolute Gasteiger partial charge is 0.112 e. The van der Waals surface area contributed by atoms with Crippen LogP contribution in [0.1, 0.15) is 30.8 Å². The molecule has 0 amide bonds. The molecule has 1 aromatic rings. The lowest BCUT2D eigenvalue weighted by molar-refractivity contribution is -0.0319. The molecule has 2 rings (SSSR count). The van der Waals surface area contributed by atoms with E-state index in [0.717, 1.165) is 37.6 Å². The van der Waals surface area contributed by atoms with E-state index in [1.165, 1.54) is 12.1 Å². The van der Waals surface area contributed by atoms with Crippen LogP contribution in [-0.4, -0.2) is 50.2 Å². The van der Waals surface area contributed by atoms with Gasteiger partial charge in [-0.05, 0) is 32.0 Å². The molecule has 0 aromatic carbocycles. The summed E-state index contributed by atoms with van der Waals surface area (Å²) >= 11 is 0. The van der Waals surface area contributed by atoms with Gasteiger partial charge in [-0.3, -0.25) is 9.88 Å². The summed E-state index contributed by atoms with van der Waals surface area (Å²) < 4.78 is 5.91. The molecular weight excluding hydrogens is 238 g/mol. The van der Waals surface area contributed by atoms with E-state index in [2.05, 4.69) is 47.9 Å². The van der Waals surface area contributed by atoms with Crippen molar-refractivity contribution in [2.75, 3.05) is 45.2 Å². The fourth-order valence-electron chi connectivity index (χ4n) is 2.50. The van der Waals surface area contributed by atoms with Crippen LogP contribution in [0.25, 0.3) is 0 Å². The first-order valence-electron chi connectivity index (χ1n) is 7.10. The van der Waals surface area contributed by atoms with Gasteiger partial charge >= 0.3 is 0 Å². The highest BCUT2D eigenvalue weighted by Gasteiger charge is 2.23. The first-order chi connectivity index (χ1) is 9.10. The monoisotopic (exact) mass is 263 g/mol. The highest BCUT2D eigenvalue weighted by molar-refractivity contribution is 5.47. The van der Waals surface area contributed by atoms with E-state index >= 15 is 0 Å². The molecule has 0 radical (unpaired) electrons. The minimum atomic E-state index is 0.110. The lowest BCUT2D eigenvalue weighted by Gasteiger charge is -2.32. The van der Waals surface area contributed by atoms with Gasteiger partial charge in [-0.2, -0.15) is 0 Å². The van der Waals surface area contributed by atoms with Crippen molar-refractivity contribution in [1.29, 1.82) is 0 Å². The van der Waals surface area contributed by atoms with Crippen molar-refractivity contribution in [3.05, 3.63) is 23.5 Å². The van der Waals surface area contributed by atoms with Crippen molar-refractivity contribution in [1.82, 2.24) is 9.88 Å². The Hall–Kier alpha value is -1.13. The molecule has 1 atom stereocenters. The molecule has 1 aromatic heterocycles. The molecule has 1 fully saturated rings. The van der Waals surface area contributed by atoms with Crippen molar-refractivity contribution in [2.24, 2.45) is 0 Å². The van der Waals surface area contributed by atoms with Gasteiger partial charge in [0.25, 0.3) is 0 Å². The molecule has 0 bridgehead atoms. The van der Waals surface area contributed by atoms with E-state index in [1.807, 2.05) is 6.92 Å². The Balaban J connectivity index is 2.16. The molecule has 19 heavy (non-hydrogen) atoms. The number of pyridine rings is 1. The van der Waals surface area contributed by atoms with E-state index in [1.54, 1.807) is 0 Å². The number of aryl methyl sites for hydroxylation is 1. The average Bonchev–Trinajstić information content (AvgIpc) is 2.38. The van der Waals surface area contributed by atoms with E-state index in [4.69, 9.17) is 4.74 Å². The molecule has 0 spiro atoms. The minimum absolute atomic E-state index is 0.110. The van der Waals surface area contributed by atoms with Crippen molar-refractivity contribution in [2.45, 2.75) is 26.4 Å². The van der Waals surface area contributed by atoms with Crippen LogP contribution in [0.15, 0.2) is 12.1 Å². The lowest BCUT2D eigenvalue weighted by Crippen LogP contribution is -2.39. The fourth-order valence-corrected chi connectivity index (χ4v) is 2.50. The molecule has 1 aliphatic heterocycles. The molecular formula is C15H25N3O. The molecule has 1 saturated heterocycles. The SMILES string of the molecule is CCCN1CCO[C@H](c2cc(N(C)C)cc(C)n2)C1. The quantitative estimate of drug-likeness (QED) is 0.833. The van der Waals surface area contributed by atoms with Gasteiger partial charge in [0, 0.05) is 38.6 Å². The van der Waals surface area contributed by atoms with Crippen molar-refractivity contribution in [3.8, 4) is 0 Å². The summed E-state index contributed by atoms with van der Waals surface area (Å²) in [4.78, 5) is 9.24. The molecule has 4 heteroatoms. The van der Waals surface area contributed by atoms with Gasteiger partial charge in [0.15, 0.2) is 0 Å². The Kier molecular flexibility index (Phi) is 4.77. The second kappa shape index (κ2) is 6.35. The zero-order valence-electron chi connectivity index (χ0n) is 12.5. The van der Waals surface area contributed by atoms with Gasteiger partial charge < -0.3 is 9.64 Å². The Labute approximate surface area is 116 Å². The highest BCUT2D eigenvalue weighted by atomic mass is 16.5. The molecule has 2 heterocycles. The van der Waals surface area contributed by atoms with Crippen LogP contribution in [0.5, 0.6) is 0 Å². The molecule has 0 unspecified atom stereocenters. The third-order valence-corrected chi connectivity index (χ3v) is 3.49. The maximum absolute atomic E-state index is 5.91. The topological polar surface area (TPSA) is 28.6 Å². The van der Waals surface area contributed by atoms with E-state index in [-0.39, 0.29) is 6.10 Å². The maximum Gasteiger partial charge on any atom is 0.112 e. The predicted octanol–water partition coefficient (Wildman–Crippen LogP) is 2.24. The summed E-state index contributed by atoms with van der Waals surface area (Å²) in [7, 11) is 4.12. The number of hydrogen-bond donors (Lipinski definition) is 0. The average molecular weight is 263 g/mol. The molecule has 106 valence electrons. The third kappa shape index (κ3) is 3.67. The van der Waals surface area contributed by atoms with Gasteiger partial charge in [-0.1, -0.05) is 6.92 Å².